The molecule has 0 unspecified atom stereocenters. The number of anilines is 1. The van der Waals surface area contributed by atoms with E-state index in [-0.39, 0.29) is 0 Å². The number of ether oxygens (including phenoxy) is 3. The molecule has 0 aliphatic heterocycles. The van der Waals surface area contributed by atoms with Crippen molar-refractivity contribution in [2.45, 2.75) is 4.90 Å². The monoisotopic (exact) mass is 372 g/mol. The second kappa shape index (κ2) is 7.57. The van der Waals surface area contributed by atoms with E-state index in [9.17, 15) is 0 Å². The molecule has 0 radical (unpaired) electrons. The maximum absolute atomic E-state index is 6.13. The molecule has 7 nitrogen and oxygen atoms in total. The third-order valence-electron chi connectivity index (χ3n) is 3.97. The summed E-state index contributed by atoms with van der Waals surface area (Å²) < 4.78 is 17.9. The van der Waals surface area contributed by atoms with Gasteiger partial charge in [-0.3, -0.25) is 0 Å². The molecule has 3 aromatic rings. The lowest BCUT2D eigenvalue weighted by molar-refractivity contribution is 0.324. The van der Waals surface area contributed by atoms with Gasteiger partial charge in [-0.25, -0.2) is 4.68 Å². The lowest BCUT2D eigenvalue weighted by Crippen LogP contribution is -2.03. The van der Waals surface area contributed by atoms with Crippen LogP contribution in [0.4, 0.5) is 5.69 Å². The Hall–Kier alpha value is -2.87. The van der Waals surface area contributed by atoms with Gasteiger partial charge in [0, 0.05) is 28.3 Å². The van der Waals surface area contributed by atoms with E-state index in [4.69, 9.17) is 19.9 Å². The van der Waals surface area contributed by atoms with Crippen molar-refractivity contribution in [2.75, 3.05) is 33.3 Å². The molecule has 0 spiro atoms. The Labute approximate surface area is 156 Å². The molecule has 2 N–H and O–H groups in total. The summed E-state index contributed by atoms with van der Waals surface area (Å²) in [5.74, 6) is 1.61. The Morgan fingerprint density at radius 1 is 1.00 bits per heavy atom. The molecular formula is C18H20N4O3S. The van der Waals surface area contributed by atoms with E-state index in [1.54, 1.807) is 44.0 Å². The van der Waals surface area contributed by atoms with Gasteiger partial charge in [-0.05, 0) is 18.4 Å². The number of methoxy groups -OCH3 is 3. The van der Waals surface area contributed by atoms with E-state index in [1.165, 1.54) is 0 Å². The number of rotatable bonds is 6. The van der Waals surface area contributed by atoms with Crippen LogP contribution in [0.3, 0.4) is 0 Å². The van der Waals surface area contributed by atoms with Crippen LogP contribution in [-0.2, 0) is 0 Å². The molecule has 0 atom stereocenters. The molecule has 0 aliphatic rings. The van der Waals surface area contributed by atoms with Gasteiger partial charge in [0.2, 0.25) is 5.75 Å². The van der Waals surface area contributed by atoms with Gasteiger partial charge in [-0.15, -0.1) is 16.9 Å². The van der Waals surface area contributed by atoms with Crippen LogP contribution in [0.2, 0.25) is 0 Å². The van der Waals surface area contributed by atoms with E-state index < -0.39 is 0 Å². The Morgan fingerprint density at radius 2 is 1.69 bits per heavy atom. The van der Waals surface area contributed by atoms with Crippen molar-refractivity contribution in [1.29, 1.82) is 0 Å². The fourth-order valence-corrected chi connectivity index (χ4v) is 3.20. The van der Waals surface area contributed by atoms with Gasteiger partial charge in [-0.2, -0.15) is 0 Å². The summed E-state index contributed by atoms with van der Waals surface area (Å²) in [5, 5.41) is 8.26. The van der Waals surface area contributed by atoms with Gasteiger partial charge in [0.05, 0.1) is 38.9 Å². The largest absolute Gasteiger partial charge is 0.493 e. The fraction of sp³-hybridized carbons (Fsp3) is 0.222. The summed E-state index contributed by atoms with van der Waals surface area (Å²) in [6.07, 6.45) is 3.68. The van der Waals surface area contributed by atoms with Crippen LogP contribution >= 0.6 is 11.8 Å². The molecule has 1 heterocycles. The predicted octanol–water partition coefficient (Wildman–Crippen LogP) is 3.26. The lowest BCUT2D eigenvalue weighted by atomic mass is 10.1. The SMILES string of the molecule is COc1cc(-n2nncc2-c2ccc(SC)c(N)c2)cc(OC)c1OC. The molecule has 0 bridgehead atoms. The number of nitrogens with zero attached hydrogens (tertiary/aromatic N) is 3. The highest BCUT2D eigenvalue weighted by molar-refractivity contribution is 7.98. The first-order valence-electron chi connectivity index (χ1n) is 7.77. The van der Waals surface area contributed by atoms with Crippen LogP contribution < -0.4 is 19.9 Å². The number of nitrogens with two attached hydrogens (primary N) is 1. The summed E-state index contributed by atoms with van der Waals surface area (Å²) in [7, 11) is 4.72. The Morgan fingerprint density at radius 3 is 2.23 bits per heavy atom. The van der Waals surface area contributed by atoms with E-state index >= 15 is 0 Å². The smallest absolute Gasteiger partial charge is 0.203 e. The molecule has 26 heavy (non-hydrogen) atoms. The molecule has 2 aromatic carbocycles. The van der Waals surface area contributed by atoms with Crippen LogP contribution in [0.25, 0.3) is 16.9 Å². The maximum atomic E-state index is 6.13. The summed E-state index contributed by atoms with van der Waals surface area (Å²) >= 11 is 1.61. The molecule has 0 aliphatic carbocycles. The van der Waals surface area contributed by atoms with E-state index in [0.717, 1.165) is 21.8 Å². The summed E-state index contributed by atoms with van der Waals surface area (Å²) in [6, 6.07) is 9.54. The molecule has 0 saturated heterocycles. The Kier molecular flexibility index (Phi) is 5.22. The van der Waals surface area contributed by atoms with Crippen molar-refractivity contribution >= 4 is 17.4 Å². The molecule has 136 valence electrons. The first-order valence-corrected chi connectivity index (χ1v) is 9.00. The second-order valence-electron chi connectivity index (χ2n) is 5.37. The summed E-state index contributed by atoms with van der Waals surface area (Å²) in [6.45, 7) is 0. The van der Waals surface area contributed by atoms with Crippen molar-refractivity contribution < 1.29 is 14.2 Å². The number of nitrogen functional groups attached to an aromatic ring is 1. The van der Waals surface area contributed by atoms with Crippen LogP contribution in [0, 0.1) is 0 Å². The molecule has 0 amide bonds. The van der Waals surface area contributed by atoms with Crippen LogP contribution in [-0.4, -0.2) is 42.6 Å². The van der Waals surface area contributed by atoms with Gasteiger partial charge in [0.1, 0.15) is 0 Å². The minimum absolute atomic E-state index is 0.522. The van der Waals surface area contributed by atoms with Crippen molar-refractivity contribution in [3.63, 3.8) is 0 Å². The molecule has 1 aromatic heterocycles. The van der Waals surface area contributed by atoms with Crippen LogP contribution in [0.1, 0.15) is 0 Å². The molecule has 8 heteroatoms. The average Bonchev–Trinajstić information content (AvgIpc) is 3.16. The number of hydrogen-bond donors (Lipinski definition) is 1. The minimum atomic E-state index is 0.522. The molecule has 3 rings (SSSR count). The Balaban J connectivity index is 2.13. The van der Waals surface area contributed by atoms with Gasteiger partial charge >= 0.3 is 0 Å². The maximum Gasteiger partial charge on any atom is 0.203 e. The number of benzene rings is 2. The molecule has 0 saturated carbocycles. The van der Waals surface area contributed by atoms with Crippen molar-refractivity contribution in [3.05, 3.63) is 36.5 Å². The zero-order valence-corrected chi connectivity index (χ0v) is 15.8. The first kappa shape index (κ1) is 17.9. The standard InChI is InChI=1S/C18H20N4O3S/c1-23-15-8-12(9-16(24-2)18(15)25-3)22-14(10-20-21-22)11-5-6-17(26-4)13(19)7-11/h5-10H,19H2,1-4H3. The zero-order valence-electron chi connectivity index (χ0n) is 15.0. The van der Waals surface area contributed by atoms with Gasteiger partial charge < -0.3 is 19.9 Å². The lowest BCUT2D eigenvalue weighted by Gasteiger charge is -2.15. The Bertz CT molecular complexity index is 902. The van der Waals surface area contributed by atoms with Crippen LogP contribution in [0.15, 0.2) is 41.4 Å². The number of aromatic nitrogens is 3. The van der Waals surface area contributed by atoms with Crippen molar-refractivity contribution in [1.82, 2.24) is 15.0 Å². The third kappa shape index (κ3) is 3.15. The quantitative estimate of drug-likeness (QED) is 0.525. The fourth-order valence-electron chi connectivity index (χ4n) is 2.71. The van der Waals surface area contributed by atoms with Gasteiger partial charge in [-0.1, -0.05) is 11.3 Å². The van der Waals surface area contributed by atoms with Gasteiger partial charge in [0.15, 0.2) is 11.5 Å². The van der Waals surface area contributed by atoms with E-state index in [2.05, 4.69) is 10.3 Å². The first-order chi connectivity index (χ1) is 12.6. The molecule has 0 fully saturated rings. The topological polar surface area (TPSA) is 84.4 Å². The van der Waals surface area contributed by atoms with Crippen LogP contribution in [0.5, 0.6) is 17.2 Å². The molecular weight excluding hydrogens is 352 g/mol. The zero-order chi connectivity index (χ0) is 18.7. The predicted molar refractivity (Wildman–Crippen MR) is 103 cm³/mol. The highest BCUT2D eigenvalue weighted by atomic mass is 32.2. The minimum Gasteiger partial charge on any atom is -0.493 e. The highest BCUT2D eigenvalue weighted by Crippen LogP contribution is 2.40. The normalized spacial score (nSPS) is 10.6. The number of thioether (sulfide) groups is 1. The average molecular weight is 372 g/mol. The van der Waals surface area contributed by atoms with Crippen molar-refractivity contribution in [3.8, 4) is 34.2 Å². The number of hydrogen-bond acceptors (Lipinski definition) is 7. The van der Waals surface area contributed by atoms with Crippen molar-refractivity contribution in [2.24, 2.45) is 0 Å². The van der Waals surface area contributed by atoms with E-state index in [1.807, 2.05) is 36.6 Å². The van der Waals surface area contributed by atoms with Gasteiger partial charge in [0.25, 0.3) is 0 Å². The highest BCUT2D eigenvalue weighted by Gasteiger charge is 2.17. The van der Waals surface area contributed by atoms with E-state index in [0.29, 0.717) is 22.9 Å². The summed E-state index contributed by atoms with van der Waals surface area (Å²) in [4.78, 5) is 1.03. The summed E-state index contributed by atoms with van der Waals surface area (Å²) in [5.41, 5.74) is 9.30. The second-order valence-corrected chi connectivity index (χ2v) is 6.22. The third-order valence-corrected chi connectivity index (χ3v) is 4.78.